The molecule has 6 heteroatoms. The second kappa shape index (κ2) is 8.41. The number of rotatable bonds is 6. The quantitative estimate of drug-likeness (QED) is 0.755. The van der Waals surface area contributed by atoms with Crippen LogP contribution >= 0.6 is 11.6 Å². The highest BCUT2D eigenvalue weighted by atomic mass is 35.5. The fraction of sp³-hybridized carbons (Fsp3) is 0.400. The van der Waals surface area contributed by atoms with E-state index in [9.17, 15) is 9.59 Å². The molecule has 1 heterocycles. The minimum atomic E-state index is -0.0908. The predicted octanol–water partition coefficient (Wildman–Crippen LogP) is 4.56. The number of hydrogen-bond donors (Lipinski definition) is 1. The van der Waals surface area contributed by atoms with Crippen molar-refractivity contribution in [3.8, 4) is 0 Å². The number of anilines is 1. The maximum Gasteiger partial charge on any atom is 0.229 e. The average Bonchev–Trinajstić information content (AvgIpc) is 2.61. The molecule has 1 aromatic carbocycles. The molecule has 5 nitrogen and oxygen atoms in total. The van der Waals surface area contributed by atoms with Gasteiger partial charge in [0.05, 0.1) is 11.3 Å². The van der Waals surface area contributed by atoms with Crippen LogP contribution in [-0.4, -0.2) is 21.7 Å². The molecular formula is C20H22ClN3O2. The third-order valence-corrected chi connectivity index (χ3v) is 4.85. The molecule has 26 heavy (non-hydrogen) atoms. The molecule has 136 valence electrons. The van der Waals surface area contributed by atoms with Gasteiger partial charge in [-0.1, -0.05) is 43.5 Å². The van der Waals surface area contributed by atoms with Crippen molar-refractivity contribution in [2.24, 2.45) is 0 Å². The molecule has 0 bridgehead atoms. The lowest BCUT2D eigenvalue weighted by atomic mass is 9.82. The molecule has 0 radical (unpaired) electrons. The molecule has 1 unspecified atom stereocenters. The maximum absolute atomic E-state index is 12.5. The summed E-state index contributed by atoms with van der Waals surface area (Å²) in [6.45, 7) is 2.10. The molecule has 3 rings (SSSR count). The van der Waals surface area contributed by atoms with Gasteiger partial charge < -0.3 is 0 Å². The van der Waals surface area contributed by atoms with Crippen LogP contribution in [0, 0.1) is 0 Å². The van der Waals surface area contributed by atoms with Crippen LogP contribution in [0.15, 0.2) is 30.5 Å². The van der Waals surface area contributed by atoms with Crippen LogP contribution in [0.5, 0.6) is 0 Å². The highest BCUT2D eigenvalue weighted by Crippen LogP contribution is 2.32. The fourth-order valence-corrected chi connectivity index (χ4v) is 3.42. The lowest BCUT2D eigenvalue weighted by molar-refractivity contribution is -0.116. The summed E-state index contributed by atoms with van der Waals surface area (Å²) in [5.41, 5.74) is 2.26. The van der Waals surface area contributed by atoms with E-state index in [1.165, 1.54) is 6.20 Å². The Labute approximate surface area is 158 Å². The number of fused-ring (bicyclic) bond motifs is 1. The molecule has 1 amide bonds. The second-order valence-corrected chi connectivity index (χ2v) is 7.08. The molecular weight excluding hydrogens is 350 g/mol. The van der Waals surface area contributed by atoms with E-state index in [1.807, 2.05) is 24.3 Å². The Morgan fingerprint density at radius 2 is 2.15 bits per heavy atom. The lowest BCUT2D eigenvalue weighted by Crippen LogP contribution is -2.22. The van der Waals surface area contributed by atoms with Crippen LogP contribution in [0.1, 0.15) is 66.6 Å². The number of nitrogens with zero attached hydrogens (tertiary/aromatic N) is 2. The number of carbonyl (C=O) groups excluding carboxylic acids is 2. The SMILES string of the molecule is CCCCCC(=O)Nc1ncc2c(n1)CC(c1cccc(Cl)c1)CC2=O. The van der Waals surface area contributed by atoms with Crippen molar-refractivity contribution in [3.63, 3.8) is 0 Å². The van der Waals surface area contributed by atoms with Gasteiger partial charge in [0.2, 0.25) is 11.9 Å². The van der Waals surface area contributed by atoms with E-state index in [0.717, 1.165) is 24.8 Å². The van der Waals surface area contributed by atoms with Crippen molar-refractivity contribution < 1.29 is 9.59 Å². The van der Waals surface area contributed by atoms with Crippen molar-refractivity contribution in [2.45, 2.75) is 51.4 Å². The van der Waals surface area contributed by atoms with Crippen molar-refractivity contribution in [3.05, 3.63) is 52.3 Å². The molecule has 1 aliphatic carbocycles. The summed E-state index contributed by atoms with van der Waals surface area (Å²) in [4.78, 5) is 33.0. The summed E-state index contributed by atoms with van der Waals surface area (Å²) >= 11 is 6.08. The third-order valence-electron chi connectivity index (χ3n) is 4.62. The molecule has 0 saturated carbocycles. The van der Waals surface area contributed by atoms with Crippen molar-refractivity contribution in [2.75, 3.05) is 5.32 Å². The van der Waals surface area contributed by atoms with Crippen LogP contribution in [-0.2, 0) is 11.2 Å². The Bertz CT molecular complexity index is 822. The lowest BCUT2D eigenvalue weighted by Gasteiger charge is -2.23. The number of hydrogen-bond acceptors (Lipinski definition) is 4. The van der Waals surface area contributed by atoms with Crippen molar-refractivity contribution in [1.29, 1.82) is 0 Å². The summed E-state index contributed by atoms with van der Waals surface area (Å²) in [5.74, 6) is 0.241. The minimum Gasteiger partial charge on any atom is -0.295 e. The summed E-state index contributed by atoms with van der Waals surface area (Å²) in [6, 6.07) is 7.58. The summed E-state index contributed by atoms with van der Waals surface area (Å²) in [6.07, 6.45) is 5.97. The van der Waals surface area contributed by atoms with Gasteiger partial charge in [-0.2, -0.15) is 0 Å². The van der Waals surface area contributed by atoms with Gasteiger partial charge in [0.15, 0.2) is 5.78 Å². The van der Waals surface area contributed by atoms with E-state index < -0.39 is 0 Å². The Kier molecular flexibility index (Phi) is 5.99. The molecule has 1 atom stereocenters. The number of aromatic nitrogens is 2. The summed E-state index contributed by atoms with van der Waals surface area (Å²) in [5, 5.41) is 3.39. The number of amides is 1. The van der Waals surface area contributed by atoms with Gasteiger partial charge in [-0.15, -0.1) is 0 Å². The molecule has 2 aromatic rings. The average molecular weight is 372 g/mol. The predicted molar refractivity (Wildman–Crippen MR) is 102 cm³/mol. The standard InChI is InChI=1S/C20H22ClN3O2/c1-2-3-4-8-19(26)24-20-22-12-16-17(23-20)10-14(11-18(16)25)13-6-5-7-15(21)9-13/h5-7,9,12,14H,2-4,8,10-11H2,1H3,(H,22,23,24,26). The summed E-state index contributed by atoms with van der Waals surface area (Å²) < 4.78 is 0. The number of carbonyl (C=O) groups is 2. The van der Waals surface area contributed by atoms with Gasteiger partial charge in [-0.3, -0.25) is 14.9 Å². The number of ketones is 1. The van der Waals surface area contributed by atoms with E-state index in [0.29, 0.717) is 35.5 Å². The summed E-state index contributed by atoms with van der Waals surface area (Å²) in [7, 11) is 0. The smallest absolute Gasteiger partial charge is 0.229 e. The van der Waals surface area contributed by atoms with Crippen LogP contribution in [0.25, 0.3) is 0 Å². The first-order valence-corrected chi connectivity index (χ1v) is 9.39. The Balaban J connectivity index is 1.75. The van der Waals surface area contributed by atoms with E-state index >= 15 is 0 Å². The van der Waals surface area contributed by atoms with Gasteiger partial charge >= 0.3 is 0 Å². The van der Waals surface area contributed by atoms with Crippen LogP contribution in [0.2, 0.25) is 5.02 Å². The van der Waals surface area contributed by atoms with E-state index in [4.69, 9.17) is 11.6 Å². The first kappa shape index (κ1) is 18.5. The molecule has 1 N–H and O–H groups in total. The van der Waals surface area contributed by atoms with Crippen LogP contribution in [0.3, 0.4) is 0 Å². The zero-order valence-electron chi connectivity index (χ0n) is 14.8. The zero-order valence-corrected chi connectivity index (χ0v) is 15.6. The molecule has 1 aliphatic rings. The first-order valence-electron chi connectivity index (χ1n) is 9.01. The van der Waals surface area contributed by atoms with Crippen molar-refractivity contribution in [1.82, 2.24) is 9.97 Å². The second-order valence-electron chi connectivity index (χ2n) is 6.64. The minimum absolute atomic E-state index is 0.0250. The largest absolute Gasteiger partial charge is 0.295 e. The monoisotopic (exact) mass is 371 g/mol. The normalized spacial score (nSPS) is 16.2. The van der Waals surface area contributed by atoms with Gasteiger partial charge in [-0.05, 0) is 36.5 Å². The molecule has 0 fully saturated rings. The van der Waals surface area contributed by atoms with Gasteiger partial charge in [0.25, 0.3) is 0 Å². The topological polar surface area (TPSA) is 72.0 Å². The molecule has 0 spiro atoms. The number of nitrogens with one attached hydrogen (secondary N) is 1. The highest BCUT2D eigenvalue weighted by Gasteiger charge is 2.28. The van der Waals surface area contributed by atoms with E-state index in [-0.39, 0.29) is 23.6 Å². The van der Waals surface area contributed by atoms with E-state index in [2.05, 4.69) is 22.2 Å². The highest BCUT2D eigenvalue weighted by molar-refractivity contribution is 6.30. The maximum atomic E-state index is 12.5. The number of Topliss-reactive ketones (excluding diaryl/α,β-unsaturated/α-hetero) is 1. The van der Waals surface area contributed by atoms with E-state index in [1.54, 1.807) is 0 Å². The molecule has 1 aromatic heterocycles. The molecule has 0 saturated heterocycles. The number of benzene rings is 1. The zero-order chi connectivity index (χ0) is 18.5. The van der Waals surface area contributed by atoms with Crippen LogP contribution in [0.4, 0.5) is 5.95 Å². The van der Waals surface area contributed by atoms with Gasteiger partial charge in [-0.25, -0.2) is 9.97 Å². The molecule has 0 aliphatic heterocycles. The third kappa shape index (κ3) is 4.47. The number of halogens is 1. The van der Waals surface area contributed by atoms with Crippen molar-refractivity contribution >= 4 is 29.2 Å². The Morgan fingerprint density at radius 1 is 1.31 bits per heavy atom. The first-order chi connectivity index (χ1) is 12.6. The van der Waals surface area contributed by atoms with Gasteiger partial charge in [0.1, 0.15) is 0 Å². The van der Waals surface area contributed by atoms with Crippen LogP contribution < -0.4 is 5.32 Å². The number of unbranched alkanes of at least 4 members (excludes halogenated alkanes) is 2. The Morgan fingerprint density at radius 3 is 2.92 bits per heavy atom. The fourth-order valence-electron chi connectivity index (χ4n) is 3.22. The Hall–Kier alpha value is -2.27. The van der Waals surface area contributed by atoms with Gasteiger partial charge in [0, 0.05) is 24.1 Å².